The largest absolute Gasteiger partial charge is 0.416 e. The van der Waals surface area contributed by atoms with Crippen molar-refractivity contribution in [3.8, 4) is 0 Å². The second-order valence-corrected chi connectivity index (χ2v) is 6.95. The Labute approximate surface area is 148 Å². The molecule has 134 valence electrons. The normalized spacial score (nSPS) is 25.2. The first-order valence-corrected chi connectivity index (χ1v) is 8.38. The van der Waals surface area contributed by atoms with Crippen molar-refractivity contribution in [3.05, 3.63) is 71.3 Å². The first-order chi connectivity index (χ1) is 12.3. The molecule has 0 unspecified atom stereocenters. The van der Waals surface area contributed by atoms with Crippen LogP contribution in [0.15, 0.2) is 54.6 Å². The molecule has 2 amide bonds. The van der Waals surface area contributed by atoms with Crippen LogP contribution in [0.4, 0.5) is 13.2 Å². The standard InChI is InChI=1S/C20H16F3NO2/c21-20(22,23)15-9-5-4-8-14(15)16-10-19(16)11-17(25)24(18(19)26)12-13-6-2-1-3-7-13/h1-9,16H,10-12H2/t16-,19-/m1/s1. The van der Waals surface area contributed by atoms with Crippen LogP contribution in [0.25, 0.3) is 0 Å². The fourth-order valence-corrected chi connectivity index (χ4v) is 3.95. The molecule has 6 heteroatoms. The second kappa shape index (κ2) is 5.69. The van der Waals surface area contributed by atoms with Gasteiger partial charge in [0.25, 0.3) is 0 Å². The van der Waals surface area contributed by atoms with E-state index in [1.54, 1.807) is 6.07 Å². The molecule has 1 heterocycles. The number of hydrogen-bond donors (Lipinski definition) is 0. The third-order valence-corrected chi connectivity index (χ3v) is 5.34. The van der Waals surface area contributed by atoms with Crippen LogP contribution in [0, 0.1) is 5.41 Å². The van der Waals surface area contributed by atoms with Gasteiger partial charge in [-0.2, -0.15) is 13.2 Å². The van der Waals surface area contributed by atoms with Crippen molar-refractivity contribution in [1.29, 1.82) is 0 Å². The zero-order chi connectivity index (χ0) is 18.5. The van der Waals surface area contributed by atoms with E-state index in [-0.39, 0.29) is 36.8 Å². The van der Waals surface area contributed by atoms with E-state index in [4.69, 9.17) is 0 Å². The molecule has 1 aliphatic heterocycles. The van der Waals surface area contributed by atoms with E-state index in [1.165, 1.54) is 17.0 Å². The van der Waals surface area contributed by atoms with Crippen molar-refractivity contribution in [2.24, 2.45) is 5.41 Å². The fraction of sp³-hybridized carbons (Fsp3) is 0.300. The van der Waals surface area contributed by atoms with Gasteiger partial charge in [0.15, 0.2) is 0 Å². The monoisotopic (exact) mass is 359 g/mol. The first kappa shape index (κ1) is 16.8. The maximum atomic E-state index is 13.3. The Hall–Kier alpha value is -2.63. The van der Waals surface area contributed by atoms with Crippen LogP contribution < -0.4 is 0 Å². The van der Waals surface area contributed by atoms with E-state index in [1.807, 2.05) is 30.3 Å². The average Bonchev–Trinajstić information content (AvgIpc) is 3.29. The SMILES string of the molecule is O=C1C[C@@]2(C[C@@H]2c2ccccc2C(F)(F)F)C(=O)N1Cc1ccccc1. The summed E-state index contributed by atoms with van der Waals surface area (Å²) in [5.74, 6) is -1.23. The van der Waals surface area contributed by atoms with E-state index in [2.05, 4.69) is 0 Å². The van der Waals surface area contributed by atoms with Crippen molar-refractivity contribution in [2.75, 3.05) is 0 Å². The minimum absolute atomic E-state index is 0.0183. The average molecular weight is 359 g/mol. The maximum Gasteiger partial charge on any atom is 0.416 e. The molecule has 2 aliphatic rings. The number of nitrogens with zero attached hydrogens (tertiary/aromatic N) is 1. The highest BCUT2D eigenvalue weighted by Gasteiger charge is 2.67. The van der Waals surface area contributed by atoms with Gasteiger partial charge in [-0.3, -0.25) is 14.5 Å². The lowest BCUT2D eigenvalue weighted by Crippen LogP contribution is -2.31. The highest BCUT2D eigenvalue weighted by molar-refractivity contribution is 6.08. The van der Waals surface area contributed by atoms with Crippen molar-refractivity contribution >= 4 is 11.8 Å². The number of imide groups is 1. The second-order valence-electron chi connectivity index (χ2n) is 6.95. The molecule has 0 bridgehead atoms. The van der Waals surface area contributed by atoms with Crippen molar-refractivity contribution < 1.29 is 22.8 Å². The minimum atomic E-state index is -4.48. The van der Waals surface area contributed by atoms with E-state index < -0.39 is 23.1 Å². The van der Waals surface area contributed by atoms with Crippen molar-refractivity contribution in [1.82, 2.24) is 4.90 Å². The van der Waals surface area contributed by atoms with Crippen LogP contribution in [-0.4, -0.2) is 16.7 Å². The number of amides is 2. The van der Waals surface area contributed by atoms with Gasteiger partial charge in [-0.05, 0) is 23.6 Å². The summed E-state index contributed by atoms with van der Waals surface area (Å²) in [6.07, 6.45) is -4.21. The maximum absolute atomic E-state index is 13.3. The molecule has 0 N–H and O–H groups in total. The fourth-order valence-electron chi connectivity index (χ4n) is 3.95. The number of rotatable bonds is 3. The molecule has 2 atom stereocenters. The lowest BCUT2D eigenvalue weighted by atomic mass is 9.94. The summed E-state index contributed by atoms with van der Waals surface area (Å²) >= 11 is 0. The summed E-state index contributed by atoms with van der Waals surface area (Å²) < 4.78 is 39.9. The van der Waals surface area contributed by atoms with Crippen LogP contribution in [-0.2, 0) is 22.3 Å². The molecule has 2 aromatic rings. The Kier molecular flexibility index (Phi) is 3.68. The quantitative estimate of drug-likeness (QED) is 0.773. The summed E-state index contributed by atoms with van der Waals surface area (Å²) in [6.45, 7) is 0.161. The number of alkyl halides is 3. The predicted molar refractivity (Wildman–Crippen MR) is 87.9 cm³/mol. The molecule has 3 nitrogen and oxygen atoms in total. The van der Waals surface area contributed by atoms with Gasteiger partial charge in [0.05, 0.1) is 17.5 Å². The molecule has 26 heavy (non-hydrogen) atoms. The Morgan fingerprint density at radius 3 is 2.35 bits per heavy atom. The van der Waals surface area contributed by atoms with Crippen LogP contribution in [0.3, 0.4) is 0 Å². The Morgan fingerprint density at radius 1 is 1.00 bits per heavy atom. The van der Waals surface area contributed by atoms with Crippen molar-refractivity contribution in [2.45, 2.75) is 31.5 Å². The molecule has 2 aromatic carbocycles. The number of hydrogen-bond acceptors (Lipinski definition) is 2. The number of carbonyl (C=O) groups excluding carboxylic acids is 2. The predicted octanol–water partition coefficient (Wildman–Crippen LogP) is 4.14. The molecule has 0 radical (unpaired) electrons. The molecule has 1 aliphatic carbocycles. The Morgan fingerprint density at radius 2 is 1.65 bits per heavy atom. The third-order valence-electron chi connectivity index (χ3n) is 5.34. The van der Waals surface area contributed by atoms with Gasteiger partial charge >= 0.3 is 6.18 Å². The van der Waals surface area contributed by atoms with Gasteiger partial charge in [-0.1, -0.05) is 48.5 Å². The number of halogens is 3. The molecule has 1 spiro atoms. The molecule has 0 aromatic heterocycles. The lowest BCUT2D eigenvalue weighted by Gasteiger charge is -2.16. The Bertz CT molecular complexity index is 878. The first-order valence-electron chi connectivity index (χ1n) is 8.38. The summed E-state index contributed by atoms with van der Waals surface area (Å²) in [5.41, 5.74) is -0.793. The van der Waals surface area contributed by atoms with Crippen LogP contribution >= 0.6 is 0 Å². The molecule has 1 saturated heterocycles. The summed E-state index contributed by atoms with van der Waals surface area (Å²) in [7, 11) is 0. The van der Waals surface area contributed by atoms with Gasteiger partial charge < -0.3 is 0 Å². The van der Waals surface area contributed by atoms with E-state index in [0.717, 1.165) is 11.6 Å². The third kappa shape index (κ3) is 2.60. The van der Waals surface area contributed by atoms with E-state index in [9.17, 15) is 22.8 Å². The zero-order valence-corrected chi connectivity index (χ0v) is 13.8. The van der Waals surface area contributed by atoms with E-state index in [0.29, 0.717) is 0 Å². The molecule has 2 fully saturated rings. The van der Waals surface area contributed by atoms with Crippen molar-refractivity contribution in [3.63, 3.8) is 0 Å². The van der Waals surface area contributed by atoms with Gasteiger partial charge in [0.2, 0.25) is 11.8 Å². The zero-order valence-electron chi connectivity index (χ0n) is 13.8. The van der Waals surface area contributed by atoms with Gasteiger partial charge in [0, 0.05) is 12.3 Å². The van der Waals surface area contributed by atoms with Crippen LogP contribution in [0.5, 0.6) is 0 Å². The molecule has 1 saturated carbocycles. The summed E-state index contributed by atoms with van der Waals surface area (Å²) in [5, 5.41) is 0. The van der Waals surface area contributed by atoms with Gasteiger partial charge in [-0.25, -0.2) is 0 Å². The highest BCUT2D eigenvalue weighted by Crippen LogP contribution is 2.66. The van der Waals surface area contributed by atoms with Crippen LogP contribution in [0.2, 0.25) is 0 Å². The van der Waals surface area contributed by atoms with Crippen LogP contribution in [0.1, 0.15) is 35.4 Å². The Balaban J connectivity index is 1.61. The van der Waals surface area contributed by atoms with Gasteiger partial charge in [0.1, 0.15) is 0 Å². The molecular weight excluding hydrogens is 343 g/mol. The van der Waals surface area contributed by atoms with Gasteiger partial charge in [-0.15, -0.1) is 0 Å². The number of likely N-dealkylation sites (tertiary alicyclic amines) is 1. The smallest absolute Gasteiger partial charge is 0.278 e. The topological polar surface area (TPSA) is 37.4 Å². The summed E-state index contributed by atoms with van der Waals surface area (Å²) in [4.78, 5) is 26.4. The molecular formula is C20H16F3NO2. The molecule has 4 rings (SSSR count). The van der Waals surface area contributed by atoms with E-state index >= 15 is 0 Å². The number of benzene rings is 2. The number of carbonyl (C=O) groups is 2. The minimum Gasteiger partial charge on any atom is -0.278 e. The highest BCUT2D eigenvalue weighted by atomic mass is 19.4. The summed E-state index contributed by atoms with van der Waals surface area (Å²) in [6, 6.07) is 14.4. The lowest BCUT2D eigenvalue weighted by molar-refractivity contribution is -0.141.